The van der Waals surface area contributed by atoms with E-state index in [9.17, 15) is 26.8 Å². The van der Waals surface area contributed by atoms with Gasteiger partial charge in [-0.15, -0.1) is 0 Å². The van der Waals surface area contributed by atoms with E-state index in [4.69, 9.17) is 25.0 Å². The molecule has 4 radical (unpaired) electrons. The summed E-state index contributed by atoms with van der Waals surface area (Å²) in [5.74, 6) is -2.68. The minimum absolute atomic E-state index is 0.163. The Morgan fingerprint density at radius 3 is 2.11 bits per heavy atom. The molecule has 2 aliphatic rings. The van der Waals surface area contributed by atoms with Crippen molar-refractivity contribution in [1.82, 2.24) is 0 Å². The number of esters is 2. The second kappa shape index (κ2) is 11.0. The van der Waals surface area contributed by atoms with Crippen LogP contribution >= 0.6 is 0 Å². The number of hydrogen-bond acceptors (Lipinski definition) is 6. The average molecular weight is 508 g/mol. The Labute approximate surface area is 206 Å². The number of ether oxygens (including phenoxy) is 2. The Hall–Kier alpha value is -1.94. The minimum atomic E-state index is -5.70. The molecule has 0 aliphatic heterocycles. The molecule has 4 atom stereocenters. The summed E-state index contributed by atoms with van der Waals surface area (Å²) in [7, 11) is 5.86. The number of rotatable bonds is 8. The molecule has 2 fully saturated rings. The second-order valence-electron chi connectivity index (χ2n) is 9.35. The summed E-state index contributed by atoms with van der Waals surface area (Å²) in [6, 6.07) is 3.63. The zero-order chi connectivity index (χ0) is 26.0. The maximum Gasteiger partial charge on any atom is 0.402 e. The Morgan fingerprint density at radius 1 is 1.03 bits per heavy atom. The first-order valence-corrected chi connectivity index (χ1v) is 13.1. The zero-order valence-electron chi connectivity index (χ0n) is 19.5. The quantitative estimate of drug-likeness (QED) is 0.249. The fourth-order valence-electron chi connectivity index (χ4n) is 5.44. The molecule has 0 saturated heterocycles. The van der Waals surface area contributed by atoms with Crippen molar-refractivity contribution in [2.45, 2.75) is 63.3 Å². The van der Waals surface area contributed by atoms with E-state index in [1.807, 2.05) is 6.07 Å². The largest absolute Gasteiger partial charge is 0.458 e. The molecule has 2 aliphatic carbocycles. The maximum atomic E-state index is 13.5. The summed E-state index contributed by atoms with van der Waals surface area (Å²) >= 11 is 0. The fraction of sp³-hybridized carbons (Fsp3) is 0.652. The number of fused-ring (bicyclic) bond motifs is 1. The summed E-state index contributed by atoms with van der Waals surface area (Å²) < 4.78 is 67.7. The summed E-state index contributed by atoms with van der Waals surface area (Å²) in [6.07, 6.45) is 3.94. The lowest BCUT2D eigenvalue weighted by Crippen LogP contribution is -2.44. The molecule has 0 spiro atoms. The Morgan fingerprint density at radius 2 is 1.60 bits per heavy atom. The topological polar surface area (TPSA) is 107 Å². The van der Waals surface area contributed by atoms with E-state index >= 15 is 0 Å². The van der Waals surface area contributed by atoms with Crippen molar-refractivity contribution in [3.63, 3.8) is 0 Å². The van der Waals surface area contributed by atoms with Gasteiger partial charge in [-0.3, -0.25) is 14.1 Å². The molecular formula is C23H28B2F2O7S. The molecule has 2 saturated carbocycles. The minimum Gasteiger partial charge on any atom is -0.458 e. The first-order valence-electron chi connectivity index (χ1n) is 11.6. The molecule has 0 aromatic heterocycles. The van der Waals surface area contributed by atoms with Gasteiger partial charge in [0.05, 0.1) is 27.5 Å². The van der Waals surface area contributed by atoms with Crippen LogP contribution < -0.4 is 4.74 Å². The number of aryl methyl sites for hydroxylation is 1. The van der Waals surface area contributed by atoms with Gasteiger partial charge in [0.1, 0.15) is 5.75 Å². The van der Waals surface area contributed by atoms with Gasteiger partial charge in [0.15, 0.2) is 6.61 Å². The number of halogens is 2. The van der Waals surface area contributed by atoms with Gasteiger partial charge in [-0.05, 0) is 55.6 Å². The van der Waals surface area contributed by atoms with Gasteiger partial charge >= 0.3 is 27.3 Å². The van der Waals surface area contributed by atoms with Gasteiger partial charge in [-0.2, -0.15) is 17.2 Å². The molecule has 1 N–H and O–H groups in total. The highest BCUT2D eigenvalue weighted by molar-refractivity contribution is 7.86. The molecule has 188 valence electrons. The normalized spacial score (nSPS) is 24.9. The van der Waals surface area contributed by atoms with E-state index in [0.29, 0.717) is 56.2 Å². The summed E-state index contributed by atoms with van der Waals surface area (Å²) in [5, 5.41) is -4.59. The van der Waals surface area contributed by atoms with Crippen LogP contribution in [-0.2, 0) is 37.1 Å². The molecule has 0 heterocycles. The van der Waals surface area contributed by atoms with Crippen LogP contribution in [-0.4, -0.2) is 52.5 Å². The summed E-state index contributed by atoms with van der Waals surface area (Å²) in [6.45, 7) is 0.0452. The van der Waals surface area contributed by atoms with Crippen LogP contribution in [0.25, 0.3) is 0 Å². The number of hydrogen-bond donors (Lipinski definition) is 1. The molecule has 1 aromatic carbocycles. The van der Waals surface area contributed by atoms with Crippen molar-refractivity contribution in [1.29, 1.82) is 0 Å². The lowest BCUT2D eigenvalue weighted by molar-refractivity contribution is -0.162. The first kappa shape index (κ1) is 27.6. The lowest BCUT2D eigenvalue weighted by Gasteiger charge is -2.43. The molecule has 0 bridgehead atoms. The van der Waals surface area contributed by atoms with E-state index in [0.717, 1.165) is 11.1 Å². The molecule has 1 aromatic rings. The van der Waals surface area contributed by atoms with E-state index < -0.39 is 45.8 Å². The van der Waals surface area contributed by atoms with E-state index in [1.54, 1.807) is 13.0 Å². The van der Waals surface area contributed by atoms with Crippen molar-refractivity contribution >= 4 is 37.7 Å². The fourth-order valence-corrected chi connectivity index (χ4v) is 5.65. The monoisotopic (exact) mass is 508 g/mol. The van der Waals surface area contributed by atoms with Crippen molar-refractivity contribution in [2.75, 3.05) is 6.61 Å². The summed E-state index contributed by atoms with van der Waals surface area (Å²) in [4.78, 5) is 25.9. The standard InChI is InChI=1S/C23H28B2F2O7S/c1-13-8-14(10-24)9-15(11-25)20(13)34-22(29)19-7-3-4-16-17(19)5-2-6-18(16)21(28)33-12-23(26,27)35(30,31)32/h8-9,16-19H,2-7,10-12H2,1H3,(H,30,31,32). The van der Waals surface area contributed by atoms with Crippen LogP contribution in [0.1, 0.15) is 55.2 Å². The van der Waals surface area contributed by atoms with Crippen LogP contribution in [0.5, 0.6) is 5.75 Å². The smallest absolute Gasteiger partial charge is 0.402 e. The lowest BCUT2D eigenvalue weighted by atomic mass is 9.61. The van der Waals surface area contributed by atoms with Gasteiger partial charge in [-0.1, -0.05) is 43.2 Å². The average Bonchev–Trinajstić information content (AvgIpc) is 2.81. The predicted octanol–water partition coefficient (Wildman–Crippen LogP) is 3.09. The number of alkyl halides is 2. The molecule has 3 rings (SSSR count). The van der Waals surface area contributed by atoms with Crippen LogP contribution in [0.4, 0.5) is 8.78 Å². The molecule has 35 heavy (non-hydrogen) atoms. The highest BCUT2D eigenvalue weighted by Crippen LogP contribution is 2.48. The van der Waals surface area contributed by atoms with Crippen LogP contribution in [0, 0.1) is 30.6 Å². The van der Waals surface area contributed by atoms with E-state index in [1.165, 1.54) is 0 Å². The Bertz CT molecular complexity index is 1060. The Balaban J connectivity index is 1.73. The van der Waals surface area contributed by atoms with E-state index in [2.05, 4.69) is 4.74 Å². The molecule has 4 unspecified atom stereocenters. The van der Waals surface area contributed by atoms with E-state index in [-0.39, 0.29) is 18.2 Å². The number of benzene rings is 1. The van der Waals surface area contributed by atoms with Crippen LogP contribution in [0.2, 0.25) is 0 Å². The highest BCUT2D eigenvalue weighted by atomic mass is 32.2. The number of carbonyl (C=O) groups excluding carboxylic acids is 2. The molecule has 0 amide bonds. The second-order valence-corrected chi connectivity index (χ2v) is 10.9. The molecule has 7 nitrogen and oxygen atoms in total. The van der Waals surface area contributed by atoms with Crippen LogP contribution in [0.15, 0.2) is 12.1 Å². The van der Waals surface area contributed by atoms with Crippen LogP contribution in [0.3, 0.4) is 0 Å². The van der Waals surface area contributed by atoms with Crippen molar-refractivity contribution < 1.29 is 40.8 Å². The Kier molecular flexibility index (Phi) is 8.68. The van der Waals surface area contributed by atoms with Gasteiger partial charge in [0.2, 0.25) is 0 Å². The third-order valence-electron chi connectivity index (χ3n) is 7.12. The third kappa shape index (κ3) is 6.07. The van der Waals surface area contributed by atoms with Crippen molar-refractivity contribution in [3.8, 4) is 5.75 Å². The number of carbonyl (C=O) groups is 2. The van der Waals surface area contributed by atoms with Gasteiger partial charge in [-0.25, -0.2) is 0 Å². The SMILES string of the molecule is [B]Cc1cc(C)c(OC(=O)C2CCCC3C(C(=O)OCC(F)(F)S(=O)(=O)O)CCCC23)c(C[B])c1. The first-order chi connectivity index (χ1) is 16.4. The molecule has 12 heteroatoms. The summed E-state index contributed by atoms with van der Waals surface area (Å²) in [5.41, 5.74) is 2.27. The van der Waals surface area contributed by atoms with Crippen molar-refractivity contribution in [3.05, 3.63) is 28.8 Å². The third-order valence-corrected chi connectivity index (χ3v) is 8.00. The van der Waals surface area contributed by atoms with Crippen molar-refractivity contribution in [2.24, 2.45) is 23.7 Å². The molecular weight excluding hydrogens is 480 g/mol. The highest BCUT2D eigenvalue weighted by Gasteiger charge is 2.49. The van der Waals surface area contributed by atoms with Gasteiger partial charge < -0.3 is 9.47 Å². The maximum absolute atomic E-state index is 13.5. The zero-order valence-corrected chi connectivity index (χ0v) is 20.4. The predicted molar refractivity (Wildman–Crippen MR) is 125 cm³/mol. The van der Waals surface area contributed by atoms with Gasteiger partial charge in [0.25, 0.3) is 0 Å². The van der Waals surface area contributed by atoms with Gasteiger partial charge in [0, 0.05) is 0 Å².